The number of hydrogen-bond donors (Lipinski definition) is 1. The molecule has 1 N–H and O–H groups in total. The fraction of sp³-hybridized carbons (Fsp3) is 0.320. The van der Waals surface area contributed by atoms with Crippen molar-refractivity contribution in [1.82, 2.24) is 14.8 Å². The van der Waals surface area contributed by atoms with Gasteiger partial charge in [0.1, 0.15) is 6.61 Å². The number of ether oxygens (including phenoxy) is 2. The van der Waals surface area contributed by atoms with E-state index in [1.54, 1.807) is 6.08 Å². The third-order valence-corrected chi connectivity index (χ3v) is 6.16. The number of hydrogen-bond acceptors (Lipinski definition) is 6. The van der Waals surface area contributed by atoms with E-state index in [1.165, 1.54) is 11.8 Å². The Labute approximate surface area is 199 Å². The molecule has 0 aliphatic carbocycles. The summed E-state index contributed by atoms with van der Waals surface area (Å²) in [5.74, 6) is 1.93. The van der Waals surface area contributed by atoms with E-state index < -0.39 is 0 Å². The lowest BCUT2D eigenvalue weighted by Crippen LogP contribution is -2.25. The summed E-state index contributed by atoms with van der Waals surface area (Å²) in [5, 5.41) is 12.0. The van der Waals surface area contributed by atoms with Crippen LogP contribution in [0.4, 0.5) is 5.69 Å². The standard InChI is InChI=1S/C25H30N4O3S/c1-5-15-29-23(17-32-20-14-13-18(4)16-21(20)31-7-3)27-28-25(29)33-22(6-2)24(30)26-19-11-9-8-10-12-19/h5,8-14,16,22H,1,6-7,15,17H2,2-4H3,(H,26,30)/t22-/m1/s1. The summed E-state index contributed by atoms with van der Waals surface area (Å²) in [6.07, 6.45) is 2.43. The van der Waals surface area contributed by atoms with Crippen LogP contribution in [0.25, 0.3) is 0 Å². The zero-order chi connectivity index (χ0) is 23.6. The molecule has 8 heteroatoms. The molecule has 0 bridgehead atoms. The first kappa shape index (κ1) is 24.4. The monoisotopic (exact) mass is 466 g/mol. The maximum atomic E-state index is 12.8. The van der Waals surface area contributed by atoms with E-state index >= 15 is 0 Å². The first-order chi connectivity index (χ1) is 16.0. The van der Waals surface area contributed by atoms with E-state index in [9.17, 15) is 4.79 Å². The van der Waals surface area contributed by atoms with E-state index in [-0.39, 0.29) is 17.8 Å². The molecule has 1 atom stereocenters. The minimum atomic E-state index is -0.312. The summed E-state index contributed by atoms with van der Waals surface area (Å²) in [7, 11) is 0. The smallest absolute Gasteiger partial charge is 0.237 e. The van der Waals surface area contributed by atoms with E-state index in [0.717, 1.165) is 11.3 Å². The fourth-order valence-electron chi connectivity index (χ4n) is 3.16. The summed E-state index contributed by atoms with van der Waals surface area (Å²) in [6, 6.07) is 15.3. The molecular weight excluding hydrogens is 436 g/mol. The maximum absolute atomic E-state index is 12.8. The highest BCUT2D eigenvalue weighted by atomic mass is 32.2. The molecule has 0 fully saturated rings. The molecule has 0 radical (unpaired) electrons. The number of aromatic nitrogens is 3. The second kappa shape index (κ2) is 12.1. The molecule has 2 aromatic carbocycles. The van der Waals surface area contributed by atoms with Gasteiger partial charge in [-0.15, -0.1) is 16.8 Å². The van der Waals surface area contributed by atoms with Gasteiger partial charge in [-0.2, -0.15) is 0 Å². The number of nitrogens with zero attached hydrogens (tertiary/aromatic N) is 3. The molecule has 1 aromatic heterocycles. The number of thioether (sulfide) groups is 1. The largest absolute Gasteiger partial charge is 0.490 e. The van der Waals surface area contributed by atoms with Crippen LogP contribution in [0.2, 0.25) is 0 Å². The maximum Gasteiger partial charge on any atom is 0.237 e. The molecule has 0 saturated heterocycles. The Morgan fingerprint density at radius 1 is 1.15 bits per heavy atom. The lowest BCUT2D eigenvalue weighted by molar-refractivity contribution is -0.115. The first-order valence-electron chi connectivity index (χ1n) is 11.0. The van der Waals surface area contributed by atoms with Crippen LogP contribution in [0.1, 0.15) is 31.7 Å². The van der Waals surface area contributed by atoms with Gasteiger partial charge < -0.3 is 14.8 Å². The van der Waals surface area contributed by atoms with Crippen LogP contribution >= 0.6 is 11.8 Å². The fourth-order valence-corrected chi connectivity index (χ4v) is 4.15. The Bertz CT molecular complexity index is 1070. The van der Waals surface area contributed by atoms with Crippen molar-refractivity contribution < 1.29 is 14.3 Å². The summed E-state index contributed by atoms with van der Waals surface area (Å²) in [4.78, 5) is 12.8. The molecule has 0 unspecified atom stereocenters. The Kier molecular flexibility index (Phi) is 8.95. The lowest BCUT2D eigenvalue weighted by atomic mass is 10.2. The van der Waals surface area contributed by atoms with Crippen molar-refractivity contribution >= 4 is 23.4 Å². The number of benzene rings is 2. The number of nitrogens with one attached hydrogen (secondary N) is 1. The van der Waals surface area contributed by atoms with Crippen LogP contribution in [0.3, 0.4) is 0 Å². The number of carbonyl (C=O) groups excluding carboxylic acids is 1. The summed E-state index contributed by atoms with van der Waals surface area (Å²) in [5.41, 5.74) is 1.87. The van der Waals surface area contributed by atoms with Crippen molar-refractivity contribution in [2.45, 2.75) is 50.8 Å². The van der Waals surface area contributed by atoms with Gasteiger partial charge in [-0.3, -0.25) is 9.36 Å². The van der Waals surface area contributed by atoms with Gasteiger partial charge in [-0.25, -0.2) is 0 Å². The Hall–Kier alpha value is -3.26. The van der Waals surface area contributed by atoms with Crippen molar-refractivity contribution in [3.63, 3.8) is 0 Å². The Balaban J connectivity index is 1.73. The van der Waals surface area contributed by atoms with Crippen molar-refractivity contribution in [1.29, 1.82) is 0 Å². The number of carbonyl (C=O) groups is 1. The van der Waals surface area contributed by atoms with Crippen LogP contribution in [-0.2, 0) is 17.9 Å². The molecule has 174 valence electrons. The van der Waals surface area contributed by atoms with Gasteiger partial charge in [0.2, 0.25) is 5.91 Å². The number of amides is 1. The summed E-state index contributed by atoms with van der Waals surface area (Å²) < 4.78 is 13.6. The quantitative estimate of drug-likeness (QED) is 0.290. The highest BCUT2D eigenvalue weighted by molar-refractivity contribution is 8.00. The zero-order valence-corrected chi connectivity index (χ0v) is 20.1. The SMILES string of the molecule is C=CCn1c(COc2ccc(C)cc2OCC)nnc1S[C@H](CC)C(=O)Nc1ccccc1. The molecule has 0 aliphatic rings. The van der Waals surface area contributed by atoms with Crippen molar-refractivity contribution in [3.8, 4) is 11.5 Å². The van der Waals surface area contributed by atoms with Crippen LogP contribution in [0.5, 0.6) is 11.5 Å². The predicted octanol–water partition coefficient (Wildman–Crippen LogP) is 5.26. The minimum absolute atomic E-state index is 0.0688. The number of allylic oxidation sites excluding steroid dienone is 1. The normalized spacial score (nSPS) is 11.6. The zero-order valence-electron chi connectivity index (χ0n) is 19.3. The molecule has 7 nitrogen and oxygen atoms in total. The van der Waals surface area contributed by atoms with Gasteiger partial charge >= 0.3 is 0 Å². The molecule has 1 amide bonds. The Morgan fingerprint density at radius 3 is 2.64 bits per heavy atom. The Morgan fingerprint density at radius 2 is 1.94 bits per heavy atom. The topological polar surface area (TPSA) is 78.3 Å². The van der Waals surface area contributed by atoms with Gasteiger partial charge in [0.25, 0.3) is 0 Å². The molecule has 0 spiro atoms. The van der Waals surface area contributed by atoms with Gasteiger partial charge in [-0.1, -0.05) is 49.0 Å². The number of aryl methyl sites for hydroxylation is 1. The van der Waals surface area contributed by atoms with Crippen molar-refractivity contribution in [2.24, 2.45) is 0 Å². The molecule has 3 aromatic rings. The molecule has 1 heterocycles. The first-order valence-corrected chi connectivity index (χ1v) is 11.8. The second-order valence-corrected chi connectivity index (χ2v) is 8.51. The van der Waals surface area contributed by atoms with E-state index in [2.05, 4.69) is 22.1 Å². The van der Waals surface area contributed by atoms with E-state index in [1.807, 2.05) is 73.9 Å². The summed E-state index contributed by atoms with van der Waals surface area (Å²) >= 11 is 1.39. The van der Waals surface area contributed by atoms with Crippen LogP contribution in [0, 0.1) is 6.92 Å². The van der Waals surface area contributed by atoms with Crippen LogP contribution in [0.15, 0.2) is 66.3 Å². The van der Waals surface area contributed by atoms with E-state index in [0.29, 0.717) is 42.1 Å². The third kappa shape index (κ3) is 6.61. The second-order valence-electron chi connectivity index (χ2n) is 7.34. The van der Waals surface area contributed by atoms with E-state index in [4.69, 9.17) is 9.47 Å². The molecule has 0 aliphatic heterocycles. The molecular formula is C25H30N4O3S. The van der Waals surface area contributed by atoms with Gasteiger partial charge in [-0.05, 0) is 50.1 Å². The summed E-state index contributed by atoms with van der Waals surface area (Å²) in [6.45, 7) is 11.1. The van der Waals surface area contributed by atoms with Gasteiger partial charge in [0, 0.05) is 12.2 Å². The highest BCUT2D eigenvalue weighted by Crippen LogP contribution is 2.30. The third-order valence-electron chi connectivity index (χ3n) is 4.81. The molecule has 3 rings (SSSR count). The number of anilines is 1. The average molecular weight is 467 g/mol. The van der Waals surface area contributed by atoms with Crippen molar-refractivity contribution in [3.05, 3.63) is 72.6 Å². The average Bonchev–Trinajstić information content (AvgIpc) is 3.19. The highest BCUT2D eigenvalue weighted by Gasteiger charge is 2.23. The lowest BCUT2D eigenvalue weighted by Gasteiger charge is -2.16. The van der Waals surface area contributed by atoms with Gasteiger partial charge in [0.05, 0.1) is 11.9 Å². The molecule has 0 saturated carbocycles. The van der Waals surface area contributed by atoms with Crippen molar-refractivity contribution in [2.75, 3.05) is 11.9 Å². The minimum Gasteiger partial charge on any atom is -0.490 e. The van der Waals surface area contributed by atoms with Crippen LogP contribution in [-0.4, -0.2) is 32.5 Å². The predicted molar refractivity (Wildman–Crippen MR) is 132 cm³/mol. The number of para-hydroxylation sites is 1. The molecule has 33 heavy (non-hydrogen) atoms. The number of rotatable bonds is 12. The van der Waals surface area contributed by atoms with Crippen LogP contribution < -0.4 is 14.8 Å². The van der Waals surface area contributed by atoms with Gasteiger partial charge in [0.15, 0.2) is 22.5 Å².